The number of hydrogen-bond donors (Lipinski definition) is 2. The number of anilines is 1. The van der Waals surface area contributed by atoms with E-state index in [1.54, 1.807) is 18.9 Å². The van der Waals surface area contributed by atoms with E-state index < -0.39 is 11.0 Å². The van der Waals surface area contributed by atoms with Crippen molar-refractivity contribution in [1.29, 1.82) is 0 Å². The first-order valence-corrected chi connectivity index (χ1v) is 6.63. The van der Waals surface area contributed by atoms with E-state index in [0.29, 0.717) is 23.0 Å². The van der Waals surface area contributed by atoms with Crippen molar-refractivity contribution >= 4 is 22.0 Å². The normalized spacial score (nSPS) is 12.4. The summed E-state index contributed by atoms with van der Waals surface area (Å²) in [6.07, 6.45) is -0.754. The molecule has 7 nitrogen and oxygen atoms in total. The summed E-state index contributed by atoms with van der Waals surface area (Å²) in [6, 6.07) is 1.38. The van der Waals surface area contributed by atoms with E-state index in [0.717, 1.165) is 11.3 Å². The Morgan fingerprint density at radius 2 is 2.26 bits per heavy atom. The fourth-order valence-corrected chi connectivity index (χ4v) is 2.70. The van der Waals surface area contributed by atoms with Crippen LogP contribution in [0.1, 0.15) is 17.9 Å². The number of ether oxygens (including phenoxy) is 1. The molecule has 2 N–H and O–H groups in total. The van der Waals surface area contributed by atoms with Crippen LogP contribution in [0.2, 0.25) is 0 Å². The van der Waals surface area contributed by atoms with Gasteiger partial charge in [-0.1, -0.05) is 0 Å². The van der Waals surface area contributed by atoms with Crippen LogP contribution in [-0.2, 0) is 4.74 Å². The molecule has 0 amide bonds. The Hall–Kier alpha value is -1.22. The Morgan fingerprint density at radius 1 is 1.58 bits per heavy atom. The zero-order valence-electron chi connectivity index (χ0n) is 10.9. The van der Waals surface area contributed by atoms with Crippen LogP contribution in [0.5, 0.6) is 0 Å². The first-order chi connectivity index (χ1) is 9.01. The second kappa shape index (κ2) is 7.39. The molecule has 1 aromatic rings. The summed E-state index contributed by atoms with van der Waals surface area (Å²) in [5, 5.41) is 30.1. The molecule has 0 unspecified atom stereocenters. The minimum absolute atomic E-state index is 0.0505. The van der Waals surface area contributed by atoms with Gasteiger partial charge in [-0.05, 0) is 6.92 Å². The molecular formula is C11H18N2O5S. The second-order valence-electron chi connectivity index (χ2n) is 3.98. The smallest absolute Gasteiger partial charge is 0.304 e. The van der Waals surface area contributed by atoms with E-state index in [1.165, 1.54) is 6.07 Å². The summed E-state index contributed by atoms with van der Waals surface area (Å²) in [7, 11) is 1.54. The maximum Gasteiger partial charge on any atom is 0.304 e. The van der Waals surface area contributed by atoms with Gasteiger partial charge in [-0.25, -0.2) is 0 Å². The van der Waals surface area contributed by atoms with Crippen molar-refractivity contribution < 1.29 is 19.9 Å². The zero-order valence-corrected chi connectivity index (χ0v) is 11.7. The molecule has 0 saturated carbocycles. The number of thiophene rings is 1. The number of nitro groups is 1. The monoisotopic (exact) mass is 290 g/mol. The van der Waals surface area contributed by atoms with Crippen molar-refractivity contribution in [2.24, 2.45) is 0 Å². The molecule has 0 aliphatic carbocycles. The summed E-state index contributed by atoms with van der Waals surface area (Å²) in [5.74, 6) is 0. The van der Waals surface area contributed by atoms with Crippen LogP contribution in [0, 0.1) is 10.1 Å². The van der Waals surface area contributed by atoms with Gasteiger partial charge in [0.1, 0.15) is 0 Å². The number of aliphatic hydroxyl groups is 2. The van der Waals surface area contributed by atoms with Crippen molar-refractivity contribution in [2.45, 2.75) is 13.0 Å². The lowest BCUT2D eigenvalue weighted by Gasteiger charge is -2.20. The predicted octanol–water partition coefficient (Wildman–Crippen LogP) is 1.15. The molecule has 0 aromatic carbocycles. The van der Waals surface area contributed by atoms with Gasteiger partial charge in [-0.2, -0.15) is 0 Å². The first-order valence-electron chi connectivity index (χ1n) is 5.82. The molecule has 8 heteroatoms. The van der Waals surface area contributed by atoms with E-state index >= 15 is 0 Å². The lowest BCUT2D eigenvalue weighted by molar-refractivity contribution is -0.383. The van der Waals surface area contributed by atoms with Gasteiger partial charge in [-0.15, -0.1) is 11.3 Å². The zero-order chi connectivity index (χ0) is 14.4. The van der Waals surface area contributed by atoms with Crippen LogP contribution < -0.4 is 4.90 Å². The summed E-state index contributed by atoms with van der Waals surface area (Å²) < 4.78 is 4.96. The molecule has 0 aliphatic heterocycles. The minimum atomic E-state index is -0.754. The molecule has 19 heavy (non-hydrogen) atoms. The molecule has 1 aromatic heterocycles. The number of hydrogen-bond acceptors (Lipinski definition) is 7. The molecular weight excluding hydrogens is 272 g/mol. The molecule has 0 bridgehead atoms. The molecule has 0 radical (unpaired) electrons. The summed E-state index contributed by atoms with van der Waals surface area (Å²) in [6.45, 7) is 2.58. The van der Waals surface area contributed by atoms with Gasteiger partial charge in [0.25, 0.3) is 0 Å². The quantitative estimate of drug-likeness (QED) is 0.551. The largest absolute Gasteiger partial charge is 0.395 e. The lowest BCUT2D eigenvalue weighted by Crippen LogP contribution is -2.29. The van der Waals surface area contributed by atoms with Crippen molar-refractivity contribution in [3.05, 3.63) is 21.1 Å². The van der Waals surface area contributed by atoms with Crippen LogP contribution in [0.25, 0.3) is 0 Å². The van der Waals surface area contributed by atoms with Crippen LogP contribution in [-0.4, -0.2) is 48.5 Å². The van der Waals surface area contributed by atoms with Crippen molar-refractivity contribution in [3.8, 4) is 0 Å². The Kier molecular flexibility index (Phi) is 6.16. The van der Waals surface area contributed by atoms with Gasteiger partial charge in [0, 0.05) is 31.1 Å². The van der Waals surface area contributed by atoms with Gasteiger partial charge in [0.2, 0.25) is 0 Å². The number of methoxy groups -OCH3 is 1. The highest BCUT2D eigenvalue weighted by Crippen LogP contribution is 2.39. The third-order valence-corrected chi connectivity index (χ3v) is 3.90. The number of rotatable bonds is 8. The lowest BCUT2D eigenvalue weighted by atomic mass is 10.3. The van der Waals surface area contributed by atoms with Crippen molar-refractivity contribution in [1.82, 2.24) is 0 Å². The van der Waals surface area contributed by atoms with E-state index in [2.05, 4.69) is 0 Å². The highest BCUT2D eigenvalue weighted by molar-refractivity contribution is 7.16. The average molecular weight is 290 g/mol. The molecule has 108 valence electrons. The molecule has 0 saturated heterocycles. The molecule has 1 atom stereocenters. The van der Waals surface area contributed by atoms with Crippen molar-refractivity contribution in [2.75, 3.05) is 38.3 Å². The van der Waals surface area contributed by atoms with Gasteiger partial charge in [-0.3, -0.25) is 10.1 Å². The number of aliphatic hydroxyl groups excluding tert-OH is 2. The first kappa shape index (κ1) is 15.8. The molecule has 1 rings (SSSR count). The van der Waals surface area contributed by atoms with Gasteiger partial charge in [0.15, 0.2) is 5.00 Å². The standard InChI is InChI=1S/C11H18N2O5S/c1-8(15)10-7-9(13(16)17)11(19-10)12(3-5-14)4-6-18-2/h7-8,14-15H,3-6H2,1-2H3/t8-/m0/s1. The van der Waals surface area contributed by atoms with Gasteiger partial charge >= 0.3 is 5.69 Å². The maximum absolute atomic E-state index is 11.1. The third-order valence-electron chi connectivity index (χ3n) is 2.54. The van der Waals surface area contributed by atoms with E-state index in [-0.39, 0.29) is 18.8 Å². The van der Waals surface area contributed by atoms with E-state index in [4.69, 9.17) is 9.84 Å². The maximum atomic E-state index is 11.1. The Labute approximate surface area is 115 Å². The third kappa shape index (κ3) is 4.13. The van der Waals surface area contributed by atoms with Crippen LogP contribution in [0.4, 0.5) is 10.7 Å². The van der Waals surface area contributed by atoms with E-state index in [1.807, 2.05) is 0 Å². The SMILES string of the molecule is COCCN(CCO)c1sc([C@H](C)O)cc1[N+](=O)[O-]. The van der Waals surface area contributed by atoms with Gasteiger partial charge < -0.3 is 19.8 Å². The molecule has 0 spiro atoms. The fraction of sp³-hybridized carbons (Fsp3) is 0.636. The fourth-order valence-electron chi connectivity index (χ4n) is 1.59. The van der Waals surface area contributed by atoms with Crippen LogP contribution in [0.15, 0.2) is 6.07 Å². The molecule has 1 heterocycles. The summed E-state index contributed by atoms with van der Waals surface area (Å²) in [5.41, 5.74) is -0.0505. The van der Waals surface area contributed by atoms with Gasteiger partial charge in [0.05, 0.1) is 24.2 Å². The highest BCUT2D eigenvalue weighted by atomic mass is 32.1. The topological polar surface area (TPSA) is 96.1 Å². The second-order valence-corrected chi connectivity index (χ2v) is 5.04. The molecule has 0 aliphatic rings. The summed E-state index contributed by atoms with van der Waals surface area (Å²) >= 11 is 1.16. The Balaban J connectivity index is 3.08. The Bertz CT molecular complexity index is 421. The summed E-state index contributed by atoms with van der Waals surface area (Å²) in [4.78, 5) is 12.8. The average Bonchev–Trinajstić information content (AvgIpc) is 2.79. The minimum Gasteiger partial charge on any atom is -0.395 e. The molecule has 0 fully saturated rings. The van der Waals surface area contributed by atoms with Crippen LogP contribution >= 0.6 is 11.3 Å². The van der Waals surface area contributed by atoms with Crippen LogP contribution in [0.3, 0.4) is 0 Å². The predicted molar refractivity (Wildman–Crippen MR) is 72.8 cm³/mol. The highest BCUT2D eigenvalue weighted by Gasteiger charge is 2.25. The van der Waals surface area contributed by atoms with Crippen molar-refractivity contribution in [3.63, 3.8) is 0 Å². The number of nitrogens with zero attached hydrogens (tertiary/aromatic N) is 2. The van der Waals surface area contributed by atoms with E-state index in [9.17, 15) is 15.2 Å². The Morgan fingerprint density at radius 3 is 2.74 bits per heavy atom.